The Bertz CT molecular complexity index is 1120. The molecule has 4 heterocycles. The minimum absolute atomic E-state index is 0.327. The number of tetrazole rings is 1. The van der Waals surface area contributed by atoms with Gasteiger partial charge in [-0.05, 0) is 41.5 Å². The molecule has 0 aliphatic carbocycles. The number of piperidine rings is 1. The van der Waals surface area contributed by atoms with E-state index in [0.29, 0.717) is 17.5 Å². The Morgan fingerprint density at radius 2 is 1.94 bits per heavy atom. The summed E-state index contributed by atoms with van der Waals surface area (Å²) in [4.78, 5) is 14.4. The van der Waals surface area contributed by atoms with Crippen LogP contribution in [0.25, 0.3) is 0 Å². The molecule has 0 bridgehead atoms. The van der Waals surface area contributed by atoms with Gasteiger partial charge in [-0.3, -0.25) is 0 Å². The Kier molecular flexibility index (Phi) is 5.48. The number of nitrogens with zero attached hydrogens (tertiary/aromatic N) is 8. The first kappa shape index (κ1) is 19.5. The highest BCUT2D eigenvalue weighted by molar-refractivity contribution is 7.09. The predicted octanol–water partition coefficient (Wildman–Crippen LogP) is 3.07. The third-order valence-corrected chi connectivity index (χ3v) is 6.19. The van der Waals surface area contributed by atoms with Crippen LogP contribution in [0.4, 0.5) is 10.2 Å². The van der Waals surface area contributed by atoms with Crippen molar-refractivity contribution in [3.8, 4) is 5.75 Å². The van der Waals surface area contributed by atoms with Crippen LogP contribution in [0.3, 0.4) is 0 Å². The van der Waals surface area contributed by atoms with Gasteiger partial charge < -0.3 is 9.64 Å². The van der Waals surface area contributed by atoms with Gasteiger partial charge in [-0.2, -0.15) is 14.1 Å². The third-order valence-electron chi connectivity index (χ3n) is 5.17. The normalized spacial score (nSPS) is 15.7. The minimum Gasteiger partial charge on any atom is -0.463 e. The van der Waals surface area contributed by atoms with E-state index in [1.807, 2.05) is 35.7 Å². The van der Waals surface area contributed by atoms with E-state index in [9.17, 15) is 4.39 Å². The molecule has 0 N–H and O–H groups in total. The van der Waals surface area contributed by atoms with E-state index in [2.05, 4.69) is 30.4 Å². The number of halogens is 1. The van der Waals surface area contributed by atoms with Gasteiger partial charge in [0.05, 0.1) is 5.01 Å². The van der Waals surface area contributed by atoms with Gasteiger partial charge in [-0.25, -0.2) is 9.97 Å². The summed E-state index contributed by atoms with van der Waals surface area (Å²) in [5.41, 5.74) is 0.761. The van der Waals surface area contributed by atoms with E-state index in [4.69, 9.17) is 9.72 Å². The molecule has 0 spiro atoms. The van der Waals surface area contributed by atoms with Gasteiger partial charge in [-0.15, -0.1) is 16.4 Å². The van der Waals surface area contributed by atoms with Crippen molar-refractivity contribution in [2.75, 3.05) is 18.0 Å². The molecule has 3 aromatic heterocycles. The van der Waals surface area contributed by atoms with Crippen LogP contribution in [0.2, 0.25) is 0 Å². The van der Waals surface area contributed by atoms with Gasteiger partial charge in [-0.1, -0.05) is 18.2 Å². The van der Waals surface area contributed by atoms with Crippen LogP contribution in [0.1, 0.15) is 35.7 Å². The highest BCUT2D eigenvalue weighted by Gasteiger charge is 2.27. The Morgan fingerprint density at radius 3 is 2.68 bits per heavy atom. The van der Waals surface area contributed by atoms with Crippen molar-refractivity contribution in [1.29, 1.82) is 0 Å². The zero-order valence-electron chi connectivity index (χ0n) is 16.5. The fourth-order valence-corrected chi connectivity index (χ4v) is 4.61. The molecule has 31 heavy (non-hydrogen) atoms. The second-order valence-electron chi connectivity index (χ2n) is 7.13. The molecule has 1 unspecified atom stereocenters. The third kappa shape index (κ3) is 4.36. The lowest BCUT2D eigenvalue weighted by Gasteiger charge is -2.31. The summed E-state index contributed by atoms with van der Waals surface area (Å²) < 4.78 is 21.0. The summed E-state index contributed by atoms with van der Waals surface area (Å²) >= 11 is 1.61. The van der Waals surface area contributed by atoms with Crippen molar-refractivity contribution in [3.63, 3.8) is 0 Å². The van der Waals surface area contributed by atoms with Crippen LogP contribution < -0.4 is 9.64 Å². The number of benzene rings is 1. The molecule has 9 nitrogen and oxygen atoms in total. The number of hydrogen-bond donors (Lipinski definition) is 0. The molecule has 1 aromatic carbocycles. The molecule has 1 saturated heterocycles. The molecule has 5 rings (SSSR count). The largest absolute Gasteiger partial charge is 0.463 e. The monoisotopic (exact) mass is 438 g/mol. The lowest BCUT2D eigenvalue weighted by molar-refractivity contribution is 0.152. The molecule has 158 valence electrons. The first-order valence-electron chi connectivity index (χ1n) is 9.89. The zero-order valence-corrected chi connectivity index (χ0v) is 17.3. The quantitative estimate of drug-likeness (QED) is 0.424. The molecule has 1 aliphatic rings. The van der Waals surface area contributed by atoms with E-state index in [1.165, 1.54) is 12.5 Å². The molecule has 0 amide bonds. The highest BCUT2D eigenvalue weighted by Crippen LogP contribution is 2.33. The Balaban J connectivity index is 1.30. The van der Waals surface area contributed by atoms with Gasteiger partial charge in [0.1, 0.15) is 23.6 Å². The van der Waals surface area contributed by atoms with E-state index < -0.39 is 12.3 Å². The molecule has 0 radical (unpaired) electrons. The zero-order chi connectivity index (χ0) is 21.0. The van der Waals surface area contributed by atoms with Crippen molar-refractivity contribution in [2.45, 2.75) is 25.0 Å². The van der Waals surface area contributed by atoms with Gasteiger partial charge in [0.15, 0.2) is 0 Å². The van der Waals surface area contributed by atoms with E-state index >= 15 is 0 Å². The van der Waals surface area contributed by atoms with Crippen LogP contribution in [-0.2, 0) is 0 Å². The van der Waals surface area contributed by atoms with Crippen LogP contribution >= 0.6 is 11.3 Å². The molecular formula is C20H19FN8OS. The molecule has 1 atom stereocenters. The maximum absolute atomic E-state index is 13.3. The van der Waals surface area contributed by atoms with E-state index in [-0.39, 0.29) is 0 Å². The summed E-state index contributed by atoms with van der Waals surface area (Å²) in [6, 6.07) is 11.3. The highest BCUT2D eigenvalue weighted by atomic mass is 32.1. The maximum Gasteiger partial charge on any atom is 0.310 e. The van der Waals surface area contributed by atoms with Gasteiger partial charge in [0.25, 0.3) is 0 Å². The number of thiazole rings is 1. The number of anilines is 1. The van der Waals surface area contributed by atoms with Crippen molar-refractivity contribution in [3.05, 3.63) is 71.1 Å². The number of rotatable bonds is 6. The topological polar surface area (TPSA) is 94.7 Å². The van der Waals surface area contributed by atoms with Crippen LogP contribution in [0, 0.1) is 6.08 Å². The van der Waals surface area contributed by atoms with Gasteiger partial charge in [0.2, 0.25) is 6.23 Å². The molecule has 1 fully saturated rings. The number of aromatic nitrogens is 7. The van der Waals surface area contributed by atoms with Gasteiger partial charge in [0, 0.05) is 30.6 Å². The second-order valence-corrected chi connectivity index (χ2v) is 8.02. The standard InChI is InChI=1S/C20H19FN8OS/c21-20-22-9-6-17(25-20)28-10-7-14(8-11-28)18-24-16(12-31-18)19(29-13-23-26-27-29)30-15-4-2-1-3-5-15/h1-6,9,12-14,19H,7-8,10-11H2. The van der Waals surface area contributed by atoms with E-state index in [1.54, 1.807) is 22.1 Å². The van der Waals surface area contributed by atoms with E-state index in [0.717, 1.165) is 36.6 Å². The van der Waals surface area contributed by atoms with Gasteiger partial charge >= 0.3 is 6.08 Å². The SMILES string of the molecule is Fc1nccc(N2CCC(c3nc(C(Oc4ccccc4)n4cnnn4)cs3)CC2)n1. The van der Waals surface area contributed by atoms with Crippen LogP contribution in [-0.4, -0.2) is 48.2 Å². The fraction of sp³-hybridized carbons (Fsp3) is 0.300. The summed E-state index contributed by atoms with van der Waals surface area (Å²) in [7, 11) is 0. The number of ether oxygens (including phenoxy) is 1. The summed E-state index contributed by atoms with van der Waals surface area (Å²) in [5, 5.41) is 14.5. The van der Waals surface area contributed by atoms with Crippen molar-refractivity contribution in [1.82, 2.24) is 35.2 Å². The summed E-state index contributed by atoms with van der Waals surface area (Å²) in [5.74, 6) is 1.66. The Labute approximate surface area is 181 Å². The lowest BCUT2D eigenvalue weighted by Crippen LogP contribution is -2.33. The molecule has 0 saturated carbocycles. The number of para-hydroxylation sites is 1. The second kappa shape index (κ2) is 8.72. The predicted molar refractivity (Wildman–Crippen MR) is 111 cm³/mol. The molecule has 11 heteroatoms. The maximum atomic E-state index is 13.3. The lowest BCUT2D eigenvalue weighted by atomic mass is 9.97. The smallest absolute Gasteiger partial charge is 0.310 e. The van der Waals surface area contributed by atoms with Crippen molar-refractivity contribution < 1.29 is 9.13 Å². The Hall–Kier alpha value is -3.47. The van der Waals surface area contributed by atoms with Crippen molar-refractivity contribution >= 4 is 17.2 Å². The number of hydrogen-bond acceptors (Lipinski definition) is 9. The summed E-state index contributed by atoms with van der Waals surface area (Å²) in [6.45, 7) is 1.57. The first-order chi connectivity index (χ1) is 15.3. The van der Waals surface area contributed by atoms with Crippen molar-refractivity contribution in [2.24, 2.45) is 0 Å². The Morgan fingerprint density at radius 1 is 1.10 bits per heavy atom. The first-order valence-corrected chi connectivity index (χ1v) is 10.8. The summed E-state index contributed by atoms with van der Waals surface area (Å²) in [6.07, 6.45) is 3.54. The van der Waals surface area contributed by atoms with Crippen LogP contribution in [0.15, 0.2) is 54.3 Å². The molecular weight excluding hydrogens is 419 g/mol. The molecule has 4 aromatic rings. The average molecular weight is 438 g/mol. The fourth-order valence-electron chi connectivity index (χ4n) is 3.61. The minimum atomic E-state index is -0.698. The average Bonchev–Trinajstić information content (AvgIpc) is 3.51. The van der Waals surface area contributed by atoms with Crippen LogP contribution in [0.5, 0.6) is 5.75 Å². The molecule has 1 aliphatic heterocycles.